The molecular weight excluding hydrogens is 366 g/mol. The number of rotatable bonds is 1. The topological polar surface area (TPSA) is 37.5 Å². The van der Waals surface area contributed by atoms with Crippen LogP contribution in [0.4, 0.5) is 4.39 Å². The summed E-state index contributed by atoms with van der Waals surface area (Å²) in [6.07, 6.45) is 1.31. The van der Waals surface area contributed by atoms with Crippen LogP contribution in [0.2, 0.25) is 0 Å². The number of imidazole rings is 1. The lowest BCUT2D eigenvalue weighted by Crippen LogP contribution is -1.95. The molecule has 0 fully saturated rings. The van der Waals surface area contributed by atoms with Crippen LogP contribution in [0.5, 0.6) is 0 Å². The van der Waals surface area contributed by atoms with Gasteiger partial charge in [-0.1, -0.05) is 0 Å². The quantitative estimate of drug-likeness (QED) is 0.782. The second-order valence-electron chi connectivity index (χ2n) is 2.71. The van der Waals surface area contributed by atoms with Gasteiger partial charge in [-0.15, -0.1) is 0 Å². The highest BCUT2D eigenvalue weighted by Crippen LogP contribution is 2.22. The summed E-state index contributed by atoms with van der Waals surface area (Å²) >= 11 is 5.22. The van der Waals surface area contributed by atoms with Crippen LogP contribution < -0.4 is 0 Å². The molecule has 74 valence electrons. The predicted molar refractivity (Wildman–Crippen MR) is 61.5 cm³/mol. The van der Waals surface area contributed by atoms with E-state index in [0.717, 1.165) is 0 Å². The number of aliphatic hydroxyl groups excluding tert-OH is 1. The molecule has 0 amide bonds. The number of fused-ring (bicyclic) bond motifs is 1. The predicted octanol–water partition coefficient (Wildman–Crippen LogP) is 2.33. The molecule has 6 heteroatoms. The Hall–Kier alpha value is -0.210. The Kier molecular flexibility index (Phi) is 2.76. The number of halogens is 3. The van der Waals surface area contributed by atoms with Gasteiger partial charge in [-0.05, 0) is 44.6 Å². The summed E-state index contributed by atoms with van der Waals surface area (Å²) in [6, 6.07) is 1.35. The van der Waals surface area contributed by atoms with Crippen molar-refractivity contribution in [1.82, 2.24) is 9.38 Å². The Balaban J connectivity index is 2.87. The van der Waals surface area contributed by atoms with Crippen LogP contribution in [0.25, 0.3) is 5.65 Å². The van der Waals surface area contributed by atoms with Crippen molar-refractivity contribution in [3.05, 3.63) is 31.9 Å². The largest absolute Gasteiger partial charge is 0.390 e. The van der Waals surface area contributed by atoms with Gasteiger partial charge >= 0.3 is 0 Å². The van der Waals surface area contributed by atoms with Crippen molar-refractivity contribution in [3.8, 4) is 0 Å². The highest BCUT2D eigenvalue weighted by molar-refractivity contribution is 14.1. The summed E-state index contributed by atoms with van der Waals surface area (Å²) in [5.41, 5.74) is 1.21. The fourth-order valence-corrected chi connectivity index (χ4v) is 2.39. The molecule has 0 spiro atoms. The van der Waals surface area contributed by atoms with E-state index in [1.165, 1.54) is 12.3 Å². The zero-order valence-corrected chi connectivity index (χ0v) is 10.6. The van der Waals surface area contributed by atoms with Crippen molar-refractivity contribution < 1.29 is 9.50 Å². The summed E-state index contributed by atoms with van der Waals surface area (Å²) in [7, 11) is 0. The third-order valence-corrected chi connectivity index (χ3v) is 3.29. The van der Waals surface area contributed by atoms with E-state index in [-0.39, 0.29) is 12.4 Å². The first-order chi connectivity index (χ1) is 6.63. The van der Waals surface area contributed by atoms with Crippen molar-refractivity contribution in [1.29, 1.82) is 0 Å². The number of hydrogen-bond acceptors (Lipinski definition) is 2. The molecule has 0 aliphatic carbocycles. The third-order valence-electron chi connectivity index (χ3n) is 1.84. The average molecular weight is 371 g/mol. The van der Waals surface area contributed by atoms with Gasteiger partial charge in [0.1, 0.15) is 9.52 Å². The standard InChI is InChI=1S/C8H5BrFIN2O/c9-5-1-4(10)2-13-6(3-14)7(11)12-8(5)13/h1-2,14H,3H2. The molecule has 14 heavy (non-hydrogen) atoms. The van der Waals surface area contributed by atoms with E-state index in [1.807, 2.05) is 22.6 Å². The Bertz CT molecular complexity index is 500. The van der Waals surface area contributed by atoms with Crippen molar-refractivity contribution in [3.63, 3.8) is 0 Å². The zero-order chi connectivity index (χ0) is 10.3. The minimum Gasteiger partial charge on any atom is -0.390 e. The van der Waals surface area contributed by atoms with E-state index in [0.29, 0.717) is 19.5 Å². The molecule has 1 N–H and O–H groups in total. The van der Waals surface area contributed by atoms with Crippen LogP contribution in [0.1, 0.15) is 5.69 Å². The van der Waals surface area contributed by atoms with Gasteiger partial charge in [0.2, 0.25) is 0 Å². The smallest absolute Gasteiger partial charge is 0.152 e. The Labute approximate surface area is 101 Å². The molecule has 0 saturated heterocycles. The molecule has 0 bridgehead atoms. The highest BCUT2D eigenvalue weighted by atomic mass is 127. The summed E-state index contributed by atoms with van der Waals surface area (Å²) in [5.74, 6) is -0.368. The monoisotopic (exact) mass is 370 g/mol. The van der Waals surface area contributed by atoms with Gasteiger partial charge < -0.3 is 5.11 Å². The number of pyridine rings is 1. The highest BCUT2D eigenvalue weighted by Gasteiger charge is 2.12. The molecule has 0 radical (unpaired) electrons. The number of aliphatic hydroxyl groups is 1. The van der Waals surface area contributed by atoms with E-state index in [9.17, 15) is 4.39 Å². The summed E-state index contributed by atoms with van der Waals surface area (Å²) < 4.78 is 15.9. The van der Waals surface area contributed by atoms with Crippen molar-refractivity contribution in [2.24, 2.45) is 0 Å². The lowest BCUT2D eigenvalue weighted by atomic mass is 10.4. The second-order valence-corrected chi connectivity index (χ2v) is 4.58. The van der Waals surface area contributed by atoms with E-state index >= 15 is 0 Å². The lowest BCUT2D eigenvalue weighted by molar-refractivity contribution is 0.274. The van der Waals surface area contributed by atoms with Gasteiger partial charge in [-0.2, -0.15) is 0 Å². The Morgan fingerprint density at radius 1 is 1.64 bits per heavy atom. The molecule has 2 heterocycles. The van der Waals surface area contributed by atoms with Crippen molar-refractivity contribution >= 4 is 44.2 Å². The van der Waals surface area contributed by atoms with Crippen molar-refractivity contribution in [2.45, 2.75) is 6.61 Å². The summed E-state index contributed by atoms with van der Waals surface area (Å²) in [4.78, 5) is 4.20. The van der Waals surface area contributed by atoms with Gasteiger partial charge in [0.15, 0.2) is 5.65 Å². The van der Waals surface area contributed by atoms with Crippen LogP contribution >= 0.6 is 38.5 Å². The fraction of sp³-hybridized carbons (Fsp3) is 0.125. The third kappa shape index (κ3) is 1.55. The van der Waals surface area contributed by atoms with Crippen LogP contribution in [-0.4, -0.2) is 14.5 Å². The van der Waals surface area contributed by atoms with Gasteiger partial charge in [0.05, 0.1) is 16.8 Å². The zero-order valence-electron chi connectivity index (χ0n) is 6.84. The van der Waals surface area contributed by atoms with E-state index in [2.05, 4.69) is 20.9 Å². The molecule has 0 aromatic carbocycles. The van der Waals surface area contributed by atoms with E-state index in [1.54, 1.807) is 4.40 Å². The minimum atomic E-state index is -0.368. The first-order valence-corrected chi connectivity index (χ1v) is 5.63. The normalized spacial score (nSPS) is 11.1. The fourth-order valence-electron chi connectivity index (χ4n) is 1.23. The number of hydrogen-bond donors (Lipinski definition) is 1. The molecule has 0 atom stereocenters. The van der Waals surface area contributed by atoms with Gasteiger partial charge in [-0.25, -0.2) is 9.37 Å². The van der Waals surface area contributed by atoms with Crippen LogP contribution in [0, 0.1) is 9.52 Å². The molecule has 2 aromatic heterocycles. The molecule has 3 nitrogen and oxygen atoms in total. The van der Waals surface area contributed by atoms with E-state index in [4.69, 9.17) is 5.11 Å². The van der Waals surface area contributed by atoms with Gasteiger partial charge in [0, 0.05) is 6.20 Å². The Morgan fingerprint density at radius 2 is 2.36 bits per heavy atom. The maximum atomic E-state index is 13.1. The first-order valence-electron chi connectivity index (χ1n) is 3.76. The number of nitrogens with zero attached hydrogens (tertiary/aromatic N) is 2. The summed E-state index contributed by atoms with van der Waals surface area (Å²) in [6.45, 7) is -0.157. The Morgan fingerprint density at radius 3 is 3.00 bits per heavy atom. The van der Waals surface area contributed by atoms with Crippen molar-refractivity contribution in [2.75, 3.05) is 0 Å². The molecule has 0 saturated carbocycles. The second kappa shape index (κ2) is 3.74. The molecule has 2 aromatic rings. The molecule has 2 rings (SSSR count). The van der Waals surface area contributed by atoms with Crippen LogP contribution in [0.15, 0.2) is 16.7 Å². The molecular formula is C8H5BrFIN2O. The summed E-state index contributed by atoms with van der Waals surface area (Å²) in [5, 5.41) is 9.08. The van der Waals surface area contributed by atoms with Gasteiger partial charge in [-0.3, -0.25) is 4.40 Å². The SMILES string of the molecule is OCc1c(I)nc2c(Br)cc(F)cn12. The van der Waals surface area contributed by atoms with Crippen LogP contribution in [-0.2, 0) is 6.61 Å². The first kappa shape index (κ1) is 10.3. The number of aromatic nitrogens is 2. The minimum absolute atomic E-state index is 0.157. The maximum Gasteiger partial charge on any atom is 0.152 e. The lowest BCUT2D eigenvalue weighted by Gasteiger charge is -1.99. The van der Waals surface area contributed by atoms with Gasteiger partial charge in [0.25, 0.3) is 0 Å². The maximum absolute atomic E-state index is 13.1. The van der Waals surface area contributed by atoms with Crippen LogP contribution in [0.3, 0.4) is 0 Å². The molecule has 0 unspecified atom stereocenters. The molecule has 0 aliphatic rings. The van der Waals surface area contributed by atoms with E-state index < -0.39 is 0 Å². The average Bonchev–Trinajstić information content (AvgIpc) is 2.41. The molecule has 0 aliphatic heterocycles.